The predicted octanol–water partition coefficient (Wildman–Crippen LogP) is 3.00. The number of hydrogen-bond acceptors (Lipinski definition) is 3. The first-order chi connectivity index (χ1) is 10.7. The normalized spacial score (nSPS) is 10.3. The molecule has 2 rings (SSSR count). The summed E-state index contributed by atoms with van der Waals surface area (Å²) in [5, 5.41) is 2.94. The van der Waals surface area contributed by atoms with Gasteiger partial charge >= 0.3 is 0 Å². The Morgan fingerprint density at radius 2 is 1.77 bits per heavy atom. The number of carbonyl (C=O) groups is 1. The number of carbonyl (C=O) groups excluding carboxylic acids is 1. The number of hydrogen-bond donors (Lipinski definition) is 2. The molecule has 4 heteroatoms. The third-order valence-corrected chi connectivity index (χ3v) is 3.61. The maximum atomic E-state index is 12.0. The van der Waals surface area contributed by atoms with Crippen molar-refractivity contribution >= 4 is 17.3 Å². The van der Waals surface area contributed by atoms with Gasteiger partial charge in [0, 0.05) is 37.9 Å². The maximum Gasteiger partial charge on any atom is 0.224 e. The quantitative estimate of drug-likeness (QED) is 0.826. The van der Waals surface area contributed by atoms with Crippen molar-refractivity contribution in [3.63, 3.8) is 0 Å². The van der Waals surface area contributed by atoms with Crippen LogP contribution in [0.4, 0.5) is 11.4 Å². The van der Waals surface area contributed by atoms with Crippen LogP contribution in [0.25, 0.3) is 0 Å². The van der Waals surface area contributed by atoms with Crippen molar-refractivity contribution in [2.75, 3.05) is 23.8 Å². The molecule has 2 aromatic carbocycles. The molecule has 0 saturated heterocycles. The number of amides is 1. The van der Waals surface area contributed by atoms with E-state index in [-0.39, 0.29) is 5.91 Å². The van der Waals surface area contributed by atoms with Crippen LogP contribution < -0.4 is 16.0 Å². The van der Waals surface area contributed by atoms with E-state index < -0.39 is 0 Å². The zero-order valence-corrected chi connectivity index (χ0v) is 13.0. The van der Waals surface area contributed by atoms with Crippen molar-refractivity contribution in [1.29, 1.82) is 0 Å². The first-order valence-corrected chi connectivity index (χ1v) is 7.54. The molecular weight excluding hydrogens is 274 g/mol. The molecule has 0 heterocycles. The fraction of sp³-hybridized carbons (Fsp3) is 0.278. The first kappa shape index (κ1) is 16.0. The molecule has 0 radical (unpaired) electrons. The number of anilines is 2. The van der Waals surface area contributed by atoms with Gasteiger partial charge < -0.3 is 16.0 Å². The summed E-state index contributed by atoms with van der Waals surface area (Å²) in [5.74, 6) is 0.0300. The van der Waals surface area contributed by atoms with Crippen LogP contribution in [0.2, 0.25) is 0 Å². The predicted molar refractivity (Wildman–Crippen MR) is 91.9 cm³/mol. The molecule has 0 bridgehead atoms. The van der Waals surface area contributed by atoms with E-state index in [2.05, 4.69) is 22.3 Å². The molecule has 1 amide bonds. The lowest BCUT2D eigenvalue weighted by molar-refractivity contribution is -0.116. The van der Waals surface area contributed by atoms with E-state index in [1.807, 2.05) is 49.5 Å². The highest BCUT2D eigenvalue weighted by atomic mass is 16.1. The number of nitrogens with two attached hydrogens (primary N) is 1. The molecule has 4 nitrogen and oxygen atoms in total. The SMILES string of the molecule is CN(CCCC(=O)Nc1ccccc1CN)c1ccccc1. The van der Waals surface area contributed by atoms with Gasteiger partial charge in [-0.1, -0.05) is 36.4 Å². The fourth-order valence-electron chi connectivity index (χ4n) is 2.32. The second kappa shape index (κ2) is 8.20. The Kier molecular flexibility index (Phi) is 5.98. The van der Waals surface area contributed by atoms with Gasteiger partial charge in [0.1, 0.15) is 0 Å². The molecule has 116 valence electrons. The Morgan fingerprint density at radius 1 is 1.09 bits per heavy atom. The lowest BCUT2D eigenvalue weighted by Crippen LogP contribution is -2.21. The summed E-state index contributed by atoms with van der Waals surface area (Å²) < 4.78 is 0. The lowest BCUT2D eigenvalue weighted by atomic mass is 10.1. The zero-order chi connectivity index (χ0) is 15.8. The topological polar surface area (TPSA) is 58.4 Å². The van der Waals surface area contributed by atoms with Crippen molar-refractivity contribution in [2.45, 2.75) is 19.4 Å². The highest BCUT2D eigenvalue weighted by Crippen LogP contribution is 2.15. The van der Waals surface area contributed by atoms with Crippen molar-refractivity contribution < 1.29 is 4.79 Å². The minimum Gasteiger partial charge on any atom is -0.375 e. The van der Waals surface area contributed by atoms with E-state index in [4.69, 9.17) is 5.73 Å². The molecule has 2 aromatic rings. The summed E-state index contributed by atoms with van der Waals surface area (Å²) in [5.41, 5.74) is 8.60. The van der Waals surface area contributed by atoms with E-state index in [9.17, 15) is 4.79 Å². The zero-order valence-electron chi connectivity index (χ0n) is 13.0. The summed E-state index contributed by atoms with van der Waals surface area (Å²) in [6.45, 7) is 1.27. The molecular formula is C18H23N3O. The summed E-state index contributed by atoms with van der Waals surface area (Å²) in [6, 6.07) is 17.8. The average Bonchev–Trinajstić information content (AvgIpc) is 2.56. The lowest BCUT2D eigenvalue weighted by Gasteiger charge is -2.19. The monoisotopic (exact) mass is 297 g/mol. The van der Waals surface area contributed by atoms with E-state index in [0.717, 1.165) is 29.9 Å². The molecule has 0 aliphatic rings. The van der Waals surface area contributed by atoms with Gasteiger partial charge in [-0.15, -0.1) is 0 Å². The van der Waals surface area contributed by atoms with Gasteiger partial charge in [-0.25, -0.2) is 0 Å². The van der Waals surface area contributed by atoms with Crippen molar-refractivity contribution in [3.8, 4) is 0 Å². The standard InChI is InChI=1S/C18H23N3O/c1-21(16-9-3-2-4-10-16)13-7-12-18(22)20-17-11-6-5-8-15(17)14-19/h2-6,8-11H,7,12-14,19H2,1H3,(H,20,22). The molecule has 3 N–H and O–H groups in total. The van der Waals surface area contributed by atoms with Crippen LogP contribution in [-0.2, 0) is 11.3 Å². The molecule has 0 saturated carbocycles. The van der Waals surface area contributed by atoms with Crippen LogP contribution in [-0.4, -0.2) is 19.5 Å². The molecule has 0 aliphatic carbocycles. The smallest absolute Gasteiger partial charge is 0.224 e. The summed E-state index contributed by atoms with van der Waals surface area (Å²) >= 11 is 0. The van der Waals surface area contributed by atoms with Gasteiger partial charge in [0.05, 0.1) is 0 Å². The van der Waals surface area contributed by atoms with Crippen LogP contribution in [0.1, 0.15) is 18.4 Å². The number of benzene rings is 2. The van der Waals surface area contributed by atoms with Gasteiger partial charge in [-0.05, 0) is 30.2 Å². The van der Waals surface area contributed by atoms with Crippen molar-refractivity contribution in [2.24, 2.45) is 5.73 Å². The molecule has 0 aliphatic heterocycles. The summed E-state index contributed by atoms with van der Waals surface area (Å²) in [6.07, 6.45) is 1.30. The van der Waals surface area contributed by atoms with Gasteiger partial charge in [0.25, 0.3) is 0 Å². The minimum absolute atomic E-state index is 0.0300. The van der Waals surface area contributed by atoms with Gasteiger partial charge in [0.15, 0.2) is 0 Å². The van der Waals surface area contributed by atoms with E-state index in [0.29, 0.717) is 13.0 Å². The van der Waals surface area contributed by atoms with Gasteiger partial charge in [-0.2, -0.15) is 0 Å². The van der Waals surface area contributed by atoms with E-state index in [1.54, 1.807) is 0 Å². The van der Waals surface area contributed by atoms with Crippen LogP contribution in [0.15, 0.2) is 54.6 Å². The Bertz CT molecular complexity index is 598. The number of nitrogens with one attached hydrogen (secondary N) is 1. The summed E-state index contributed by atoms with van der Waals surface area (Å²) in [4.78, 5) is 14.2. The molecule has 0 aromatic heterocycles. The van der Waals surface area contributed by atoms with E-state index in [1.165, 1.54) is 0 Å². The summed E-state index contributed by atoms with van der Waals surface area (Å²) in [7, 11) is 2.04. The van der Waals surface area contributed by atoms with Crippen LogP contribution >= 0.6 is 0 Å². The van der Waals surface area contributed by atoms with Gasteiger partial charge in [0.2, 0.25) is 5.91 Å². The minimum atomic E-state index is 0.0300. The van der Waals surface area contributed by atoms with Crippen molar-refractivity contribution in [3.05, 3.63) is 60.2 Å². The molecule has 0 spiro atoms. The molecule has 0 unspecified atom stereocenters. The number of para-hydroxylation sites is 2. The fourth-order valence-corrected chi connectivity index (χ4v) is 2.32. The van der Waals surface area contributed by atoms with Crippen LogP contribution in [0.3, 0.4) is 0 Å². The third kappa shape index (κ3) is 4.60. The number of rotatable bonds is 7. The molecule has 0 atom stereocenters. The molecule has 0 fully saturated rings. The highest BCUT2D eigenvalue weighted by molar-refractivity contribution is 5.91. The number of nitrogens with zero attached hydrogens (tertiary/aromatic N) is 1. The molecule has 22 heavy (non-hydrogen) atoms. The maximum absolute atomic E-state index is 12.0. The highest BCUT2D eigenvalue weighted by Gasteiger charge is 2.06. The Hall–Kier alpha value is -2.33. The largest absolute Gasteiger partial charge is 0.375 e. The second-order valence-electron chi connectivity index (χ2n) is 5.27. The van der Waals surface area contributed by atoms with E-state index >= 15 is 0 Å². The van der Waals surface area contributed by atoms with Crippen molar-refractivity contribution in [1.82, 2.24) is 0 Å². The van der Waals surface area contributed by atoms with Crippen LogP contribution in [0.5, 0.6) is 0 Å². The third-order valence-electron chi connectivity index (χ3n) is 3.61. The Morgan fingerprint density at radius 3 is 2.50 bits per heavy atom. The van der Waals surface area contributed by atoms with Gasteiger partial charge in [-0.3, -0.25) is 4.79 Å². The Balaban J connectivity index is 1.78. The second-order valence-corrected chi connectivity index (χ2v) is 5.27. The first-order valence-electron chi connectivity index (χ1n) is 7.54. The average molecular weight is 297 g/mol. The van der Waals surface area contributed by atoms with Crippen LogP contribution in [0, 0.1) is 0 Å². The Labute approximate surface area is 131 Å².